The quantitative estimate of drug-likeness (QED) is 0.867. The van der Waals surface area contributed by atoms with Gasteiger partial charge < -0.3 is 19.5 Å². The van der Waals surface area contributed by atoms with Crippen molar-refractivity contribution in [1.82, 2.24) is 14.9 Å². The second kappa shape index (κ2) is 7.80. The third-order valence-electron chi connectivity index (χ3n) is 4.49. The van der Waals surface area contributed by atoms with E-state index in [4.69, 9.17) is 9.47 Å². The Morgan fingerprint density at radius 1 is 1.38 bits per heavy atom. The van der Waals surface area contributed by atoms with Gasteiger partial charge in [-0.3, -0.25) is 4.79 Å². The summed E-state index contributed by atoms with van der Waals surface area (Å²) in [6, 6.07) is 8.30. The summed E-state index contributed by atoms with van der Waals surface area (Å²) in [5.74, 6) is -0.182. The van der Waals surface area contributed by atoms with E-state index in [1.165, 1.54) is 19.5 Å². The van der Waals surface area contributed by atoms with Gasteiger partial charge in [0, 0.05) is 25.4 Å². The van der Waals surface area contributed by atoms with Crippen molar-refractivity contribution in [2.24, 2.45) is 0 Å². The van der Waals surface area contributed by atoms with Crippen LogP contribution in [0.25, 0.3) is 0 Å². The first-order chi connectivity index (χ1) is 12.5. The Morgan fingerprint density at radius 2 is 2.15 bits per heavy atom. The van der Waals surface area contributed by atoms with E-state index in [2.05, 4.69) is 16.0 Å². The van der Waals surface area contributed by atoms with Crippen LogP contribution in [0.5, 0.6) is 6.01 Å². The molecule has 26 heavy (non-hydrogen) atoms. The smallest absolute Gasteiger partial charge is 0.316 e. The summed E-state index contributed by atoms with van der Waals surface area (Å²) in [5.41, 5.74) is 1.79. The first-order valence-electron chi connectivity index (χ1n) is 8.51. The molecule has 1 saturated heterocycles. The molecule has 1 N–H and O–H groups in total. The molecule has 1 fully saturated rings. The maximum atomic E-state index is 12.8. The number of carbonyl (C=O) groups excluding carboxylic acids is 1. The van der Waals surface area contributed by atoms with E-state index < -0.39 is 5.60 Å². The van der Waals surface area contributed by atoms with Gasteiger partial charge in [0.25, 0.3) is 5.91 Å². The van der Waals surface area contributed by atoms with Crippen LogP contribution >= 0.6 is 0 Å². The fourth-order valence-electron chi connectivity index (χ4n) is 3.19. The van der Waals surface area contributed by atoms with Gasteiger partial charge in [-0.1, -0.05) is 29.8 Å². The minimum atomic E-state index is -0.810. The second-order valence-corrected chi connectivity index (χ2v) is 6.54. The topological polar surface area (TPSA) is 84.8 Å². The Labute approximate surface area is 152 Å². The van der Waals surface area contributed by atoms with Crippen LogP contribution in [-0.2, 0) is 11.2 Å². The summed E-state index contributed by atoms with van der Waals surface area (Å²) in [6.07, 6.45) is 3.43. The van der Waals surface area contributed by atoms with E-state index in [1.54, 1.807) is 4.90 Å². The SMILES string of the molecule is COc1ncc(C(=O)N2CCO[C@](CO)(Cc3cccc(C)c3)C2)cn1. The summed E-state index contributed by atoms with van der Waals surface area (Å²) in [6.45, 7) is 3.00. The van der Waals surface area contributed by atoms with Crippen molar-refractivity contribution >= 4 is 5.91 Å². The van der Waals surface area contributed by atoms with Gasteiger partial charge in [0.1, 0.15) is 5.60 Å². The molecule has 138 valence electrons. The van der Waals surface area contributed by atoms with Crippen LogP contribution in [-0.4, -0.2) is 64.9 Å². The van der Waals surface area contributed by atoms with Crippen molar-refractivity contribution in [2.75, 3.05) is 33.4 Å². The Balaban J connectivity index is 1.76. The molecule has 1 aromatic carbocycles. The number of hydrogen-bond acceptors (Lipinski definition) is 6. The van der Waals surface area contributed by atoms with Crippen LogP contribution in [0.3, 0.4) is 0 Å². The lowest BCUT2D eigenvalue weighted by atomic mass is 9.92. The molecule has 1 aromatic heterocycles. The Kier molecular flexibility index (Phi) is 5.49. The number of methoxy groups -OCH3 is 1. The van der Waals surface area contributed by atoms with Crippen LogP contribution in [0.2, 0.25) is 0 Å². The first kappa shape index (κ1) is 18.3. The lowest BCUT2D eigenvalue weighted by Gasteiger charge is -2.42. The monoisotopic (exact) mass is 357 g/mol. The highest BCUT2D eigenvalue weighted by atomic mass is 16.5. The average Bonchev–Trinajstić information content (AvgIpc) is 2.67. The van der Waals surface area contributed by atoms with Gasteiger partial charge in [0.05, 0.1) is 32.4 Å². The molecule has 0 bridgehead atoms. The van der Waals surface area contributed by atoms with E-state index in [-0.39, 0.29) is 18.5 Å². The molecule has 1 aliphatic rings. The number of hydrogen-bond donors (Lipinski definition) is 1. The fraction of sp³-hybridized carbons (Fsp3) is 0.421. The minimum absolute atomic E-state index is 0.163. The summed E-state index contributed by atoms with van der Waals surface area (Å²) >= 11 is 0. The van der Waals surface area contributed by atoms with Crippen LogP contribution in [0.1, 0.15) is 21.5 Å². The number of rotatable bonds is 5. The number of aryl methyl sites for hydroxylation is 1. The standard InChI is InChI=1S/C19H23N3O4/c1-14-4-3-5-15(8-14)9-19(13-23)12-22(6-7-26-19)17(24)16-10-20-18(25-2)21-11-16/h3-5,8,10-11,23H,6-7,9,12-13H2,1-2H3/t19-/m1/s1. The Hall–Kier alpha value is -2.51. The molecule has 7 nitrogen and oxygen atoms in total. The minimum Gasteiger partial charge on any atom is -0.467 e. The number of nitrogens with zero attached hydrogens (tertiary/aromatic N) is 3. The Morgan fingerprint density at radius 3 is 2.81 bits per heavy atom. The van der Waals surface area contributed by atoms with Crippen molar-refractivity contribution in [2.45, 2.75) is 18.9 Å². The maximum Gasteiger partial charge on any atom is 0.316 e. The molecular weight excluding hydrogens is 334 g/mol. The largest absolute Gasteiger partial charge is 0.467 e. The lowest BCUT2D eigenvalue weighted by Crippen LogP contribution is -2.56. The molecule has 0 aliphatic carbocycles. The Bertz CT molecular complexity index is 766. The molecule has 0 unspecified atom stereocenters. The molecule has 0 radical (unpaired) electrons. The molecule has 1 atom stereocenters. The van der Waals surface area contributed by atoms with Crippen molar-refractivity contribution in [3.63, 3.8) is 0 Å². The predicted molar refractivity (Wildman–Crippen MR) is 95.1 cm³/mol. The van der Waals surface area contributed by atoms with Crippen LogP contribution in [0.15, 0.2) is 36.7 Å². The summed E-state index contributed by atoms with van der Waals surface area (Å²) < 4.78 is 10.8. The van der Waals surface area contributed by atoms with Gasteiger partial charge in [-0.05, 0) is 12.5 Å². The van der Waals surface area contributed by atoms with Gasteiger partial charge in [0.2, 0.25) is 0 Å². The van der Waals surface area contributed by atoms with Crippen LogP contribution < -0.4 is 4.74 Å². The second-order valence-electron chi connectivity index (χ2n) is 6.54. The van der Waals surface area contributed by atoms with Crippen LogP contribution in [0.4, 0.5) is 0 Å². The molecule has 0 spiro atoms. The van der Waals surface area contributed by atoms with Gasteiger partial charge in [0.15, 0.2) is 0 Å². The van der Waals surface area contributed by atoms with Gasteiger partial charge in [-0.2, -0.15) is 0 Å². The van der Waals surface area contributed by atoms with E-state index in [0.717, 1.165) is 11.1 Å². The molecule has 3 rings (SSSR count). The third kappa shape index (κ3) is 4.00. The summed E-state index contributed by atoms with van der Waals surface area (Å²) in [7, 11) is 1.47. The number of carbonyl (C=O) groups is 1. The van der Waals surface area contributed by atoms with Crippen LogP contribution in [0, 0.1) is 6.92 Å². The van der Waals surface area contributed by atoms with Gasteiger partial charge in [-0.25, -0.2) is 9.97 Å². The highest BCUT2D eigenvalue weighted by Gasteiger charge is 2.38. The highest BCUT2D eigenvalue weighted by molar-refractivity contribution is 5.93. The third-order valence-corrected chi connectivity index (χ3v) is 4.49. The van der Waals surface area contributed by atoms with Crippen molar-refractivity contribution in [3.05, 3.63) is 53.3 Å². The average molecular weight is 357 g/mol. The molecule has 2 aromatic rings. The summed E-state index contributed by atoms with van der Waals surface area (Å²) in [5, 5.41) is 10.0. The number of amides is 1. The van der Waals surface area contributed by atoms with E-state index >= 15 is 0 Å². The van der Waals surface area contributed by atoms with E-state index in [1.807, 2.05) is 25.1 Å². The molecule has 2 heterocycles. The molecule has 7 heteroatoms. The fourth-order valence-corrected chi connectivity index (χ4v) is 3.19. The lowest BCUT2D eigenvalue weighted by molar-refractivity contribution is -0.123. The normalized spacial score (nSPS) is 20.0. The number of aliphatic hydroxyl groups excluding tert-OH is 1. The van der Waals surface area contributed by atoms with Gasteiger partial charge in [-0.15, -0.1) is 0 Å². The first-order valence-corrected chi connectivity index (χ1v) is 8.51. The van der Waals surface area contributed by atoms with Gasteiger partial charge >= 0.3 is 6.01 Å². The van der Waals surface area contributed by atoms with Crippen molar-refractivity contribution < 1.29 is 19.4 Å². The zero-order chi connectivity index (χ0) is 18.6. The zero-order valence-electron chi connectivity index (χ0n) is 15.0. The number of ether oxygens (including phenoxy) is 2. The van der Waals surface area contributed by atoms with E-state index in [9.17, 15) is 9.90 Å². The van der Waals surface area contributed by atoms with E-state index in [0.29, 0.717) is 31.7 Å². The molecule has 1 amide bonds. The number of aliphatic hydroxyl groups is 1. The van der Waals surface area contributed by atoms with Crippen molar-refractivity contribution in [1.29, 1.82) is 0 Å². The maximum absolute atomic E-state index is 12.8. The zero-order valence-corrected chi connectivity index (χ0v) is 15.0. The molecule has 1 aliphatic heterocycles. The van der Waals surface area contributed by atoms with Crippen molar-refractivity contribution in [3.8, 4) is 6.01 Å². The molecular formula is C19H23N3O4. The number of morpholine rings is 1. The number of aromatic nitrogens is 2. The molecule has 0 saturated carbocycles. The summed E-state index contributed by atoms with van der Waals surface area (Å²) in [4.78, 5) is 22.4. The highest BCUT2D eigenvalue weighted by Crippen LogP contribution is 2.24. The number of benzene rings is 1. The predicted octanol–water partition coefficient (Wildman–Crippen LogP) is 1.24.